The van der Waals surface area contributed by atoms with E-state index in [0.717, 1.165) is 12.8 Å². The van der Waals surface area contributed by atoms with Gasteiger partial charge in [0, 0.05) is 12.0 Å². The van der Waals surface area contributed by atoms with E-state index >= 15 is 0 Å². The van der Waals surface area contributed by atoms with Crippen LogP contribution in [0.15, 0.2) is 18.2 Å². The molecule has 0 fully saturated rings. The Balaban J connectivity index is 2.09. The van der Waals surface area contributed by atoms with Crippen molar-refractivity contribution in [1.82, 2.24) is 0 Å². The molecule has 1 nitrogen and oxygen atoms in total. The van der Waals surface area contributed by atoms with Crippen molar-refractivity contribution >= 4 is 17.4 Å². The smallest absolute Gasteiger partial charge is 0.162 e. The highest BCUT2D eigenvalue weighted by Crippen LogP contribution is 2.18. The standard InChI is InChI=1S/C18H26ClFO/c1-2-3-4-5-6-7-8-9-10-11-18(21)15-12-13-17(20)16(19)14-15/h12-14H,2-11H2,1H3. The Morgan fingerprint density at radius 3 is 2.14 bits per heavy atom. The molecule has 1 aromatic rings. The van der Waals surface area contributed by atoms with Gasteiger partial charge in [0.05, 0.1) is 5.02 Å². The van der Waals surface area contributed by atoms with E-state index in [2.05, 4.69) is 6.92 Å². The van der Waals surface area contributed by atoms with Crippen molar-refractivity contribution in [3.63, 3.8) is 0 Å². The number of carbonyl (C=O) groups is 1. The SMILES string of the molecule is CCCCCCCCCCCC(=O)c1ccc(F)c(Cl)c1. The van der Waals surface area contributed by atoms with Crippen LogP contribution >= 0.6 is 11.6 Å². The number of hydrogen-bond donors (Lipinski definition) is 0. The van der Waals surface area contributed by atoms with Gasteiger partial charge in [-0.15, -0.1) is 0 Å². The first kappa shape index (κ1) is 18.2. The van der Waals surface area contributed by atoms with Crippen LogP contribution in [0.1, 0.15) is 81.5 Å². The summed E-state index contributed by atoms with van der Waals surface area (Å²) in [4.78, 5) is 11.9. The van der Waals surface area contributed by atoms with Crippen molar-refractivity contribution in [2.75, 3.05) is 0 Å². The predicted molar refractivity (Wildman–Crippen MR) is 87.6 cm³/mol. The van der Waals surface area contributed by atoms with E-state index in [1.807, 2.05) is 0 Å². The Morgan fingerprint density at radius 1 is 1.00 bits per heavy atom. The van der Waals surface area contributed by atoms with E-state index in [4.69, 9.17) is 11.6 Å². The van der Waals surface area contributed by atoms with Crippen molar-refractivity contribution < 1.29 is 9.18 Å². The number of carbonyl (C=O) groups excluding carboxylic acids is 1. The van der Waals surface area contributed by atoms with Gasteiger partial charge >= 0.3 is 0 Å². The second-order valence-electron chi connectivity index (χ2n) is 5.63. The number of benzene rings is 1. The maximum atomic E-state index is 13.0. The van der Waals surface area contributed by atoms with E-state index in [1.54, 1.807) is 0 Å². The lowest BCUT2D eigenvalue weighted by Gasteiger charge is -2.03. The Hall–Kier alpha value is -0.890. The van der Waals surface area contributed by atoms with Crippen LogP contribution in [0.5, 0.6) is 0 Å². The summed E-state index contributed by atoms with van der Waals surface area (Å²) in [6.07, 6.45) is 11.6. The van der Waals surface area contributed by atoms with Gasteiger partial charge in [-0.25, -0.2) is 4.39 Å². The molecule has 1 rings (SSSR count). The van der Waals surface area contributed by atoms with Gasteiger partial charge in [-0.2, -0.15) is 0 Å². The van der Waals surface area contributed by atoms with Crippen molar-refractivity contribution in [2.45, 2.75) is 71.1 Å². The maximum absolute atomic E-state index is 13.0. The van der Waals surface area contributed by atoms with Crippen LogP contribution < -0.4 is 0 Å². The normalized spacial score (nSPS) is 10.8. The first-order valence-corrected chi connectivity index (χ1v) is 8.51. The van der Waals surface area contributed by atoms with Gasteiger partial charge in [0.2, 0.25) is 0 Å². The minimum Gasteiger partial charge on any atom is -0.294 e. The lowest BCUT2D eigenvalue weighted by molar-refractivity contribution is 0.0979. The number of unbranched alkanes of at least 4 members (excludes halogenated alkanes) is 8. The number of Topliss-reactive ketones (excluding diaryl/α,β-unsaturated/α-hetero) is 1. The van der Waals surface area contributed by atoms with Crippen LogP contribution in [0.25, 0.3) is 0 Å². The number of rotatable bonds is 11. The zero-order valence-corrected chi connectivity index (χ0v) is 13.7. The zero-order valence-electron chi connectivity index (χ0n) is 13.0. The second-order valence-corrected chi connectivity index (χ2v) is 6.04. The fourth-order valence-electron chi connectivity index (χ4n) is 2.41. The van der Waals surface area contributed by atoms with Crippen LogP contribution in [-0.4, -0.2) is 5.78 Å². The highest BCUT2D eigenvalue weighted by molar-refractivity contribution is 6.31. The molecule has 0 bridgehead atoms. The molecule has 0 atom stereocenters. The first-order valence-electron chi connectivity index (χ1n) is 8.13. The summed E-state index contributed by atoms with van der Waals surface area (Å²) in [6.45, 7) is 2.23. The summed E-state index contributed by atoms with van der Waals surface area (Å²) in [7, 11) is 0. The molecule has 0 saturated heterocycles. The molecule has 0 N–H and O–H groups in total. The Morgan fingerprint density at radius 2 is 1.57 bits per heavy atom. The van der Waals surface area contributed by atoms with Crippen molar-refractivity contribution in [3.05, 3.63) is 34.6 Å². The number of halogens is 2. The summed E-state index contributed by atoms with van der Waals surface area (Å²) in [5, 5.41) is 0.0212. The highest BCUT2D eigenvalue weighted by Gasteiger charge is 2.08. The summed E-state index contributed by atoms with van der Waals surface area (Å²) in [6, 6.07) is 4.19. The maximum Gasteiger partial charge on any atom is 0.162 e. The lowest BCUT2D eigenvalue weighted by atomic mass is 10.0. The van der Waals surface area contributed by atoms with Gasteiger partial charge in [-0.3, -0.25) is 4.79 Å². The van der Waals surface area contributed by atoms with Gasteiger partial charge in [0.15, 0.2) is 5.78 Å². The van der Waals surface area contributed by atoms with Crippen LogP contribution in [0.4, 0.5) is 4.39 Å². The molecule has 0 aliphatic heterocycles. The average Bonchev–Trinajstić information content (AvgIpc) is 2.48. The molecule has 1 aromatic carbocycles. The molecule has 0 unspecified atom stereocenters. The molecule has 0 heterocycles. The third kappa shape index (κ3) is 7.61. The van der Waals surface area contributed by atoms with Crippen molar-refractivity contribution in [3.8, 4) is 0 Å². The molecule has 3 heteroatoms. The van der Waals surface area contributed by atoms with Crippen LogP contribution in [-0.2, 0) is 0 Å². The first-order chi connectivity index (χ1) is 10.1. The largest absolute Gasteiger partial charge is 0.294 e. The molecule has 21 heavy (non-hydrogen) atoms. The van der Waals surface area contributed by atoms with Crippen LogP contribution in [0.3, 0.4) is 0 Å². The zero-order chi connectivity index (χ0) is 15.5. The van der Waals surface area contributed by atoms with Crippen molar-refractivity contribution in [1.29, 1.82) is 0 Å². The molecule has 0 radical (unpaired) electrons. The number of ketones is 1. The molecule has 0 aromatic heterocycles. The molecule has 0 aliphatic carbocycles. The van der Waals surface area contributed by atoms with E-state index in [9.17, 15) is 9.18 Å². The molecular weight excluding hydrogens is 287 g/mol. The highest BCUT2D eigenvalue weighted by atomic mass is 35.5. The fraction of sp³-hybridized carbons (Fsp3) is 0.611. The van der Waals surface area contributed by atoms with Gasteiger partial charge in [0.1, 0.15) is 5.82 Å². The minimum atomic E-state index is -0.476. The molecule has 118 valence electrons. The van der Waals surface area contributed by atoms with E-state index in [-0.39, 0.29) is 10.8 Å². The topological polar surface area (TPSA) is 17.1 Å². The minimum absolute atomic E-state index is 0.0212. The van der Waals surface area contributed by atoms with Crippen LogP contribution in [0.2, 0.25) is 5.02 Å². The van der Waals surface area contributed by atoms with E-state index in [0.29, 0.717) is 12.0 Å². The van der Waals surface area contributed by atoms with Gasteiger partial charge < -0.3 is 0 Å². The third-order valence-electron chi connectivity index (χ3n) is 3.75. The summed E-state index contributed by atoms with van der Waals surface area (Å²) < 4.78 is 13.0. The van der Waals surface area contributed by atoms with Crippen molar-refractivity contribution in [2.24, 2.45) is 0 Å². The second kappa shape index (κ2) is 10.8. The quantitative estimate of drug-likeness (QED) is 0.333. The fourth-order valence-corrected chi connectivity index (χ4v) is 2.59. The van der Waals surface area contributed by atoms with Crippen LogP contribution in [0, 0.1) is 5.82 Å². The molecule has 0 saturated carbocycles. The molecule has 0 aliphatic rings. The van der Waals surface area contributed by atoms with Gasteiger partial charge in [-0.1, -0.05) is 69.9 Å². The average molecular weight is 313 g/mol. The van der Waals surface area contributed by atoms with E-state index < -0.39 is 5.82 Å². The Bertz CT molecular complexity index is 431. The third-order valence-corrected chi connectivity index (χ3v) is 4.04. The van der Waals surface area contributed by atoms with Gasteiger partial charge in [0.25, 0.3) is 0 Å². The van der Waals surface area contributed by atoms with E-state index in [1.165, 1.54) is 63.1 Å². The molecule has 0 amide bonds. The summed E-state index contributed by atoms with van der Waals surface area (Å²) >= 11 is 5.69. The number of hydrogen-bond acceptors (Lipinski definition) is 1. The predicted octanol–water partition coefficient (Wildman–Crippen LogP) is 6.58. The lowest BCUT2D eigenvalue weighted by Crippen LogP contribution is -1.99. The summed E-state index contributed by atoms with van der Waals surface area (Å²) in [5.41, 5.74) is 0.515. The van der Waals surface area contributed by atoms with Gasteiger partial charge in [-0.05, 0) is 24.6 Å². The summed E-state index contributed by atoms with van der Waals surface area (Å²) in [5.74, 6) is -0.420. The molecule has 0 spiro atoms. The molecular formula is C18H26ClFO. The Labute approximate surface area is 132 Å². The monoisotopic (exact) mass is 312 g/mol. The Kier molecular flexibility index (Phi) is 9.32.